The number of hydrogen-bond acceptors (Lipinski definition) is 6. The number of hydrogen-bond donors (Lipinski definition) is 0. The fraction of sp³-hybridized carbons (Fsp3) is 0.304. The normalized spacial score (nSPS) is 20.4. The fourth-order valence-electron chi connectivity index (χ4n) is 4.28. The molecule has 7 heteroatoms. The molecule has 3 aromatic rings. The van der Waals surface area contributed by atoms with Gasteiger partial charge >= 0.3 is 6.09 Å². The predicted molar refractivity (Wildman–Crippen MR) is 113 cm³/mol. The van der Waals surface area contributed by atoms with Gasteiger partial charge in [-0.25, -0.2) is 9.78 Å². The van der Waals surface area contributed by atoms with E-state index in [1.54, 1.807) is 19.1 Å². The van der Waals surface area contributed by atoms with Crippen molar-refractivity contribution in [1.29, 1.82) is 0 Å². The Hall–Kier alpha value is -3.48. The van der Waals surface area contributed by atoms with Crippen molar-refractivity contribution in [2.45, 2.75) is 18.7 Å². The van der Waals surface area contributed by atoms with Crippen LogP contribution in [-0.2, 0) is 11.3 Å². The van der Waals surface area contributed by atoms with E-state index in [0.29, 0.717) is 31.1 Å². The number of pyridine rings is 1. The van der Waals surface area contributed by atoms with Crippen molar-refractivity contribution >= 4 is 22.8 Å². The van der Waals surface area contributed by atoms with Crippen LogP contribution in [0.1, 0.15) is 5.56 Å². The van der Waals surface area contributed by atoms with E-state index in [-0.39, 0.29) is 18.2 Å². The summed E-state index contributed by atoms with van der Waals surface area (Å²) in [5.74, 6) is 2.22. The number of anilines is 1. The van der Waals surface area contributed by atoms with Crippen LogP contribution in [0.25, 0.3) is 10.9 Å². The third-order valence-electron chi connectivity index (χ3n) is 5.83. The zero-order chi connectivity index (χ0) is 20.7. The largest absolute Gasteiger partial charge is 0.493 e. The van der Waals surface area contributed by atoms with Crippen molar-refractivity contribution in [3.63, 3.8) is 0 Å². The Morgan fingerprint density at radius 3 is 2.70 bits per heavy atom. The van der Waals surface area contributed by atoms with Gasteiger partial charge in [-0.1, -0.05) is 24.3 Å². The van der Waals surface area contributed by atoms with Crippen LogP contribution in [0.3, 0.4) is 0 Å². The average molecular weight is 405 g/mol. The highest BCUT2D eigenvalue weighted by molar-refractivity contribution is 5.80. The highest BCUT2D eigenvalue weighted by Gasteiger charge is 2.48. The summed E-state index contributed by atoms with van der Waals surface area (Å²) in [5, 5.41) is 1.11. The van der Waals surface area contributed by atoms with Crippen molar-refractivity contribution < 1.29 is 19.0 Å². The molecule has 7 nitrogen and oxygen atoms in total. The zero-order valence-corrected chi connectivity index (χ0v) is 16.9. The fourth-order valence-corrected chi connectivity index (χ4v) is 4.28. The summed E-state index contributed by atoms with van der Waals surface area (Å²) in [6.07, 6.45) is -0.434. The number of amides is 1. The molecule has 0 bridgehead atoms. The van der Waals surface area contributed by atoms with Gasteiger partial charge in [0.15, 0.2) is 11.5 Å². The minimum atomic E-state index is -0.272. The van der Waals surface area contributed by atoms with Crippen LogP contribution in [0.2, 0.25) is 0 Å². The maximum absolute atomic E-state index is 12.5. The molecule has 0 N–H and O–H groups in total. The molecule has 2 aliphatic rings. The minimum Gasteiger partial charge on any atom is -0.493 e. The maximum Gasteiger partial charge on any atom is 0.410 e. The smallest absolute Gasteiger partial charge is 0.410 e. The van der Waals surface area contributed by atoms with Crippen molar-refractivity contribution in [2.24, 2.45) is 0 Å². The number of carbonyl (C=O) groups excluding carboxylic acids is 1. The van der Waals surface area contributed by atoms with Crippen LogP contribution in [0.5, 0.6) is 11.5 Å². The van der Waals surface area contributed by atoms with E-state index in [2.05, 4.69) is 17.0 Å². The van der Waals surface area contributed by atoms with Crippen molar-refractivity contribution in [1.82, 2.24) is 9.88 Å². The summed E-state index contributed by atoms with van der Waals surface area (Å²) in [7, 11) is 3.21. The molecule has 0 unspecified atom stereocenters. The lowest BCUT2D eigenvalue weighted by Gasteiger charge is -2.23. The van der Waals surface area contributed by atoms with Gasteiger partial charge in [0.2, 0.25) is 0 Å². The van der Waals surface area contributed by atoms with E-state index in [0.717, 1.165) is 22.3 Å². The Labute approximate surface area is 174 Å². The highest BCUT2D eigenvalue weighted by Crippen LogP contribution is 2.33. The quantitative estimate of drug-likeness (QED) is 0.648. The lowest BCUT2D eigenvalue weighted by molar-refractivity contribution is 0.135. The van der Waals surface area contributed by atoms with E-state index in [1.165, 1.54) is 0 Å². The van der Waals surface area contributed by atoms with Gasteiger partial charge in [0.1, 0.15) is 11.9 Å². The zero-order valence-electron chi connectivity index (χ0n) is 16.9. The van der Waals surface area contributed by atoms with E-state index >= 15 is 0 Å². The Balaban J connectivity index is 1.35. The molecule has 1 amide bonds. The molecule has 30 heavy (non-hydrogen) atoms. The van der Waals surface area contributed by atoms with Gasteiger partial charge in [-0.2, -0.15) is 0 Å². The molecule has 0 aliphatic carbocycles. The number of carbonyl (C=O) groups is 1. The van der Waals surface area contributed by atoms with Gasteiger partial charge in [-0.05, 0) is 35.9 Å². The van der Waals surface area contributed by atoms with Crippen LogP contribution >= 0.6 is 0 Å². The number of para-hydroxylation sites is 1. The molecule has 1 aromatic heterocycles. The van der Waals surface area contributed by atoms with Crippen LogP contribution in [0.15, 0.2) is 54.6 Å². The second-order valence-electron chi connectivity index (χ2n) is 7.57. The Morgan fingerprint density at radius 2 is 1.87 bits per heavy atom. The van der Waals surface area contributed by atoms with E-state index in [1.807, 2.05) is 42.5 Å². The Morgan fingerprint density at radius 1 is 1.03 bits per heavy atom. The molecular weight excluding hydrogens is 382 g/mol. The first kappa shape index (κ1) is 18.5. The van der Waals surface area contributed by atoms with E-state index < -0.39 is 0 Å². The second-order valence-corrected chi connectivity index (χ2v) is 7.57. The maximum atomic E-state index is 12.5. The van der Waals surface area contributed by atoms with Gasteiger partial charge in [0.25, 0.3) is 0 Å². The first-order valence-electron chi connectivity index (χ1n) is 9.95. The van der Waals surface area contributed by atoms with Crippen LogP contribution in [0.4, 0.5) is 10.6 Å². The molecule has 3 heterocycles. The first-order chi connectivity index (χ1) is 14.7. The summed E-state index contributed by atoms with van der Waals surface area (Å²) in [4.78, 5) is 21.3. The van der Waals surface area contributed by atoms with Crippen molar-refractivity contribution in [3.05, 3.63) is 60.2 Å². The first-order valence-corrected chi connectivity index (χ1v) is 9.95. The third-order valence-corrected chi connectivity index (χ3v) is 5.83. The lowest BCUT2D eigenvalue weighted by Crippen LogP contribution is -2.37. The van der Waals surface area contributed by atoms with Gasteiger partial charge in [-0.15, -0.1) is 0 Å². The molecule has 2 atom stereocenters. The second kappa shape index (κ2) is 7.40. The van der Waals surface area contributed by atoms with Crippen molar-refractivity contribution in [3.8, 4) is 11.5 Å². The summed E-state index contributed by atoms with van der Waals surface area (Å²) >= 11 is 0. The lowest BCUT2D eigenvalue weighted by atomic mass is 10.1. The standard InChI is InChI=1S/C23H23N3O4/c1-28-19-9-7-15(11-20(19)29-2)12-26-18-13-25(14-21(18)30-23(26)27)22-10-8-16-5-3-4-6-17(16)24-22/h3-11,18,21H,12-14H2,1-2H3/t18-,21+/m1/s1. The van der Waals surface area contributed by atoms with E-state index in [4.69, 9.17) is 19.2 Å². The molecule has 154 valence electrons. The number of methoxy groups -OCH3 is 2. The summed E-state index contributed by atoms with van der Waals surface area (Å²) < 4.78 is 16.4. The Bertz CT molecular complexity index is 1100. The monoisotopic (exact) mass is 405 g/mol. The molecule has 0 saturated carbocycles. The summed E-state index contributed by atoms with van der Waals surface area (Å²) in [6, 6.07) is 17.9. The number of ether oxygens (including phenoxy) is 3. The van der Waals surface area contributed by atoms with E-state index in [9.17, 15) is 4.79 Å². The van der Waals surface area contributed by atoms with Crippen molar-refractivity contribution in [2.75, 3.05) is 32.2 Å². The molecule has 0 radical (unpaired) electrons. The average Bonchev–Trinajstić information content (AvgIpc) is 3.31. The molecule has 0 spiro atoms. The highest BCUT2D eigenvalue weighted by atomic mass is 16.6. The predicted octanol–water partition coefficient (Wildman–Crippen LogP) is 3.46. The molecule has 2 aromatic carbocycles. The number of benzene rings is 2. The SMILES string of the molecule is COc1ccc(CN2C(=O)O[C@H]3CN(c4ccc5ccccc5n4)C[C@H]32)cc1OC. The van der Waals surface area contributed by atoms with Crippen LogP contribution in [0, 0.1) is 0 Å². The molecule has 2 saturated heterocycles. The molecule has 2 fully saturated rings. The summed E-state index contributed by atoms with van der Waals surface area (Å²) in [6.45, 7) is 1.79. The van der Waals surface area contributed by atoms with Gasteiger partial charge < -0.3 is 19.1 Å². The molecular formula is C23H23N3O4. The van der Waals surface area contributed by atoms with Crippen LogP contribution in [-0.4, -0.2) is 55.4 Å². The minimum absolute atomic E-state index is 0.0149. The van der Waals surface area contributed by atoms with Gasteiger partial charge in [-0.3, -0.25) is 4.90 Å². The number of nitrogens with zero attached hydrogens (tertiary/aromatic N) is 3. The van der Waals surface area contributed by atoms with Crippen LogP contribution < -0.4 is 14.4 Å². The molecule has 5 rings (SSSR count). The third kappa shape index (κ3) is 3.16. The number of fused-ring (bicyclic) bond motifs is 2. The summed E-state index contributed by atoms with van der Waals surface area (Å²) in [5.41, 5.74) is 1.93. The topological polar surface area (TPSA) is 64.1 Å². The Kier molecular flexibility index (Phi) is 4.58. The van der Waals surface area contributed by atoms with Gasteiger partial charge in [0, 0.05) is 18.5 Å². The van der Waals surface area contributed by atoms with Gasteiger partial charge in [0.05, 0.1) is 32.3 Å². The number of rotatable bonds is 5. The number of aromatic nitrogens is 1. The molecule has 2 aliphatic heterocycles.